The maximum absolute atomic E-state index is 3.46. The second kappa shape index (κ2) is 10.7. The molecule has 1 nitrogen and oxygen atoms in total. The standard InChI is InChI=1S/C48H45N/c1-30-14-17-32(18-15-30)40-26-31(2)16-25-45(40)49(34-20-23-38-36-12-10-11-13-41(36)47(6,7)43(38)28-34)35-21-24-39-37-22-19-33(46(3,4)5)27-42(37)48(8,9)44(39)29-35/h10,12,14-29H,1-9H3. The minimum absolute atomic E-state index is 0.0937. The number of benzene rings is 5. The predicted octanol–water partition coefficient (Wildman–Crippen LogP) is 13.0. The van der Waals surface area contributed by atoms with Gasteiger partial charge in [-0.3, -0.25) is 0 Å². The van der Waals surface area contributed by atoms with Crippen LogP contribution in [-0.2, 0) is 16.2 Å². The van der Waals surface area contributed by atoms with Crippen molar-refractivity contribution in [3.8, 4) is 33.4 Å². The highest BCUT2D eigenvalue weighted by atomic mass is 15.1. The topological polar surface area (TPSA) is 3.24 Å². The van der Waals surface area contributed by atoms with E-state index in [1.807, 2.05) is 6.07 Å². The first kappa shape index (κ1) is 31.2. The van der Waals surface area contributed by atoms with Crippen molar-refractivity contribution in [2.45, 2.75) is 78.6 Å². The molecular formula is C48H45N. The van der Waals surface area contributed by atoms with Crippen molar-refractivity contribution in [1.29, 1.82) is 0 Å². The van der Waals surface area contributed by atoms with Gasteiger partial charge in [-0.15, -0.1) is 0 Å². The summed E-state index contributed by atoms with van der Waals surface area (Å²) in [5, 5.41) is 0. The van der Waals surface area contributed by atoms with E-state index >= 15 is 0 Å². The van der Waals surface area contributed by atoms with E-state index in [2.05, 4.69) is 182 Å². The molecule has 0 aromatic heterocycles. The second-order valence-electron chi connectivity index (χ2n) is 16.3. The van der Waals surface area contributed by atoms with Crippen LogP contribution >= 0.6 is 0 Å². The molecule has 0 amide bonds. The van der Waals surface area contributed by atoms with Crippen LogP contribution in [0.2, 0.25) is 0 Å². The minimum Gasteiger partial charge on any atom is -0.310 e. The Hall–Kier alpha value is -5.06. The maximum Gasteiger partial charge on any atom is 0.0540 e. The molecule has 6 aromatic rings. The van der Waals surface area contributed by atoms with Gasteiger partial charge in [0, 0.05) is 33.3 Å². The van der Waals surface area contributed by atoms with Crippen LogP contribution < -0.4 is 4.90 Å². The van der Waals surface area contributed by atoms with E-state index < -0.39 is 0 Å². The fourth-order valence-corrected chi connectivity index (χ4v) is 8.23. The van der Waals surface area contributed by atoms with E-state index in [1.165, 1.54) is 83.7 Å². The third kappa shape index (κ3) is 4.84. The van der Waals surface area contributed by atoms with E-state index in [0.717, 1.165) is 5.69 Å². The second-order valence-corrected chi connectivity index (χ2v) is 16.3. The Balaban J connectivity index is 1.35. The molecule has 0 heterocycles. The Kier molecular flexibility index (Phi) is 6.83. The molecule has 242 valence electrons. The lowest BCUT2D eigenvalue weighted by molar-refractivity contribution is 0.584. The fourth-order valence-electron chi connectivity index (χ4n) is 8.23. The zero-order chi connectivity index (χ0) is 34.5. The highest BCUT2D eigenvalue weighted by molar-refractivity contribution is 5.92. The number of nitrogens with zero attached hydrogens (tertiary/aromatic N) is 1. The number of hydrogen-bond donors (Lipinski definition) is 0. The number of fused-ring (bicyclic) bond motifs is 6. The monoisotopic (exact) mass is 635 g/mol. The van der Waals surface area contributed by atoms with Crippen LogP contribution in [0.25, 0.3) is 33.4 Å². The number of hydrogen-bond acceptors (Lipinski definition) is 1. The van der Waals surface area contributed by atoms with Crippen molar-refractivity contribution < 1.29 is 0 Å². The van der Waals surface area contributed by atoms with E-state index in [9.17, 15) is 0 Å². The van der Waals surface area contributed by atoms with E-state index in [0.29, 0.717) is 0 Å². The molecule has 0 saturated carbocycles. The van der Waals surface area contributed by atoms with E-state index in [1.54, 1.807) is 0 Å². The highest BCUT2D eigenvalue weighted by Gasteiger charge is 2.38. The summed E-state index contributed by atoms with van der Waals surface area (Å²) in [6, 6.07) is 48.0. The normalized spacial score (nSPS) is 14.8. The summed E-state index contributed by atoms with van der Waals surface area (Å²) in [6.07, 6.45) is 0. The molecule has 49 heavy (non-hydrogen) atoms. The zero-order valence-corrected chi connectivity index (χ0v) is 30.3. The first-order chi connectivity index (χ1) is 23.2. The molecule has 0 bridgehead atoms. The van der Waals surface area contributed by atoms with Gasteiger partial charge in [-0.2, -0.15) is 0 Å². The number of anilines is 3. The Morgan fingerprint density at radius 1 is 0.531 bits per heavy atom. The fraction of sp³-hybridized carbons (Fsp3) is 0.250. The average molecular weight is 636 g/mol. The first-order valence-electron chi connectivity index (χ1n) is 17.6. The molecule has 0 spiro atoms. The largest absolute Gasteiger partial charge is 0.310 e. The van der Waals surface area contributed by atoms with Gasteiger partial charge in [0.1, 0.15) is 0 Å². The van der Waals surface area contributed by atoms with Crippen molar-refractivity contribution in [1.82, 2.24) is 0 Å². The Bertz CT molecular complexity index is 2270. The van der Waals surface area contributed by atoms with Crippen LogP contribution in [0.15, 0.2) is 109 Å². The SMILES string of the molecule is Cc1ccc(-c2cc(C)ccc2N(c2ccc3c(c2)C(C)(C)c2c#cccc2-3)c2ccc3c(c2)C(C)(C)c2cc(C(C)(C)C)ccc2-3)cc1. The van der Waals surface area contributed by atoms with Crippen molar-refractivity contribution in [2.24, 2.45) is 0 Å². The zero-order valence-electron chi connectivity index (χ0n) is 30.3. The van der Waals surface area contributed by atoms with Crippen molar-refractivity contribution >= 4 is 17.1 Å². The van der Waals surface area contributed by atoms with Crippen LogP contribution in [-0.4, -0.2) is 0 Å². The molecule has 8 rings (SSSR count). The molecule has 0 radical (unpaired) electrons. The van der Waals surface area contributed by atoms with Crippen LogP contribution in [0.5, 0.6) is 0 Å². The summed E-state index contributed by atoms with van der Waals surface area (Å²) in [4.78, 5) is 2.49. The first-order valence-corrected chi connectivity index (χ1v) is 17.6. The molecule has 1 heteroatoms. The van der Waals surface area contributed by atoms with E-state index in [4.69, 9.17) is 0 Å². The highest BCUT2D eigenvalue weighted by Crippen LogP contribution is 2.54. The van der Waals surface area contributed by atoms with Crippen LogP contribution in [0, 0.1) is 26.0 Å². The van der Waals surface area contributed by atoms with Crippen molar-refractivity contribution in [3.05, 3.63) is 160 Å². The molecule has 0 atom stereocenters. The maximum atomic E-state index is 3.46. The van der Waals surface area contributed by atoms with Gasteiger partial charge in [-0.1, -0.05) is 132 Å². The molecular weight excluding hydrogens is 591 g/mol. The average Bonchev–Trinajstić information content (AvgIpc) is 3.44. The van der Waals surface area contributed by atoms with Gasteiger partial charge in [-0.25, -0.2) is 0 Å². The Labute approximate surface area is 293 Å². The quantitative estimate of drug-likeness (QED) is 0.186. The molecule has 0 unspecified atom stereocenters. The molecule has 6 aromatic carbocycles. The summed E-state index contributed by atoms with van der Waals surface area (Å²) < 4.78 is 0. The Morgan fingerprint density at radius 3 is 1.76 bits per heavy atom. The predicted molar refractivity (Wildman–Crippen MR) is 208 cm³/mol. The number of aryl methyl sites for hydroxylation is 2. The van der Waals surface area contributed by atoms with Crippen LogP contribution in [0.3, 0.4) is 0 Å². The molecule has 0 fully saturated rings. The van der Waals surface area contributed by atoms with Gasteiger partial charge in [0.2, 0.25) is 0 Å². The van der Waals surface area contributed by atoms with Gasteiger partial charge >= 0.3 is 0 Å². The van der Waals surface area contributed by atoms with Gasteiger partial charge < -0.3 is 4.90 Å². The third-order valence-electron chi connectivity index (χ3n) is 11.2. The molecule has 2 aliphatic carbocycles. The minimum atomic E-state index is -0.177. The molecule has 0 N–H and O–H groups in total. The summed E-state index contributed by atoms with van der Waals surface area (Å²) >= 11 is 0. The number of rotatable bonds is 4. The summed E-state index contributed by atoms with van der Waals surface area (Å²) in [5.41, 5.74) is 20.2. The van der Waals surface area contributed by atoms with Crippen molar-refractivity contribution in [2.75, 3.05) is 4.90 Å². The van der Waals surface area contributed by atoms with Gasteiger partial charge in [-0.05, 0) is 118 Å². The molecule has 2 aliphatic rings. The van der Waals surface area contributed by atoms with Gasteiger partial charge in [0.25, 0.3) is 0 Å². The lowest BCUT2D eigenvalue weighted by Gasteiger charge is -2.31. The lowest BCUT2D eigenvalue weighted by Crippen LogP contribution is -2.19. The molecule has 0 aliphatic heterocycles. The van der Waals surface area contributed by atoms with Crippen LogP contribution in [0.1, 0.15) is 87.4 Å². The molecule has 0 saturated heterocycles. The summed E-state index contributed by atoms with van der Waals surface area (Å²) in [7, 11) is 0. The van der Waals surface area contributed by atoms with Crippen LogP contribution in [0.4, 0.5) is 17.1 Å². The van der Waals surface area contributed by atoms with Gasteiger partial charge in [0.15, 0.2) is 0 Å². The lowest BCUT2D eigenvalue weighted by atomic mass is 9.79. The smallest absolute Gasteiger partial charge is 0.0540 e. The third-order valence-corrected chi connectivity index (χ3v) is 11.2. The summed E-state index contributed by atoms with van der Waals surface area (Å²) in [6.45, 7) is 20.7. The van der Waals surface area contributed by atoms with Gasteiger partial charge in [0.05, 0.1) is 5.69 Å². The van der Waals surface area contributed by atoms with E-state index in [-0.39, 0.29) is 16.2 Å². The Morgan fingerprint density at radius 2 is 1.10 bits per heavy atom. The van der Waals surface area contributed by atoms with Crippen molar-refractivity contribution in [3.63, 3.8) is 0 Å². The summed E-state index contributed by atoms with van der Waals surface area (Å²) in [5.74, 6) is 0.